The van der Waals surface area contributed by atoms with E-state index < -0.39 is 0 Å². The lowest BCUT2D eigenvalue weighted by Crippen LogP contribution is -2.31. The summed E-state index contributed by atoms with van der Waals surface area (Å²) in [7, 11) is 0. The number of carbonyl (C=O) groups excluding carboxylic acids is 1. The van der Waals surface area contributed by atoms with Crippen molar-refractivity contribution in [2.75, 3.05) is 0 Å². The molecular formula is C17H16N4O2. The van der Waals surface area contributed by atoms with Gasteiger partial charge in [-0.3, -0.25) is 10.2 Å². The van der Waals surface area contributed by atoms with E-state index in [2.05, 4.69) is 15.6 Å². The van der Waals surface area contributed by atoms with Gasteiger partial charge in [0.2, 0.25) is 5.91 Å². The van der Waals surface area contributed by atoms with Crippen LogP contribution in [-0.2, 0) is 11.2 Å². The van der Waals surface area contributed by atoms with Crippen LogP contribution in [0.2, 0.25) is 0 Å². The normalized spacial score (nSPS) is 11.6. The first-order valence-electron chi connectivity index (χ1n) is 7.11. The van der Waals surface area contributed by atoms with Crippen LogP contribution in [0.25, 0.3) is 10.9 Å². The summed E-state index contributed by atoms with van der Waals surface area (Å²) in [6.07, 6.45) is 0.0850. The summed E-state index contributed by atoms with van der Waals surface area (Å²) in [6, 6.07) is 16.9. The molecule has 0 aliphatic heterocycles. The number of amides is 1. The number of hydrogen-bond donors (Lipinski definition) is 4. The third-order valence-electron chi connectivity index (χ3n) is 3.70. The fraction of sp³-hybridized carbons (Fsp3) is 0.0588. The Kier molecular flexibility index (Phi) is 4.07. The molecule has 1 aromatic heterocycles. The summed E-state index contributed by atoms with van der Waals surface area (Å²) in [5.41, 5.74) is 5.46. The van der Waals surface area contributed by atoms with Gasteiger partial charge in [0.25, 0.3) is 0 Å². The molecule has 1 amide bonds. The first-order chi connectivity index (χ1) is 11.2. The molecule has 0 unspecified atom stereocenters. The molecule has 0 aliphatic rings. The van der Waals surface area contributed by atoms with E-state index in [4.69, 9.17) is 5.84 Å². The van der Waals surface area contributed by atoms with Crippen LogP contribution in [0.3, 0.4) is 0 Å². The molecule has 3 aromatic rings. The Morgan fingerprint density at radius 3 is 2.52 bits per heavy atom. The third kappa shape index (κ3) is 2.79. The zero-order chi connectivity index (χ0) is 16.2. The molecule has 6 heteroatoms. The second-order valence-electron chi connectivity index (χ2n) is 5.08. The quantitative estimate of drug-likeness (QED) is 0.195. The second kappa shape index (κ2) is 6.33. The molecular weight excluding hydrogens is 292 g/mol. The van der Waals surface area contributed by atoms with Gasteiger partial charge in [0.15, 0.2) is 0 Å². The Morgan fingerprint density at radius 1 is 1.13 bits per heavy atom. The van der Waals surface area contributed by atoms with E-state index in [1.807, 2.05) is 54.6 Å². The van der Waals surface area contributed by atoms with Gasteiger partial charge in [-0.15, -0.1) is 0 Å². The van der Waals surface area contributed by atoms with Crippen LogP contribution in [-0.4, -0.2) is 21.8 Å². The SMILES string of the molecule is NNC(=O)Cc1c(/C(=N/O)c2ccccc2)[nH]c2ccccc12. The van der Waals surface area contributed by atoms with Crippen molar-refractivity contribution in [1.29, 1.82) is 0 Å². The minimum absolute atomic E-state index is 0.0850. The number of hydrogen-bond acceptors (Lipinski definition) is 4. The van der Waals surface area contributed by atoms with Crippen molar-refractivity contribution in [2.45, 2.75) is 6.42 Å². The summed E-state index contributed by atoms with van der Waals surface area (Å²) in [4.78, 5) is 15.0. The molecule has 0 fully saturated rings. The maximum Gasteiger partial charge on any atom is 0.238 e. The highest BCUT2D eigenvalue weighted by molar-refractivity contribution is 6.15. The number of benzene rings is 2. The average molecular weight is 308 g/mol. The molecule has 0 radical (unpaired) electrons. The third-order valence-corrected chi connectivity index (χ3v) is 3.70. The predicted molar refractivity (Wildman–Crippen MR) is 88.2 cm³/mol. The Hall–Kier alpha value is -3.12. The first-order valence-corrected chi connectivity index (χ1v) is 7.11. The summed E-state index contributed by atoms with van der Waals surface area (Å²) in [6.45, 7) is 0. The maximum atomic E-state index is 11.8. The number of nitrogens with zero attached hydrogens (tertiary/aromatic N) is 1. The van der Waals surface area contributed by atoms with Crippen LogP contribution >= 0.6 is 0 Å². The second-order valence-corrected chi connectivity index (χ2v) is 5.08. The molecule has 0 aliphatic carbocycles. The first kappa shape index (κ1) is 14.8. The number of nitrogens with two attached hydrogens (primary N) is 1. The van der Waals surface area contributed by atoms with Crippen molar-refractivity contribution in [3.8, 4) is 0 Å². The molecule has 0 atom stereocenters. The number of carbonyl (C=O) groups is 1. The predicted octanol–water partition coefficient (Wildman–Crippen LogP) is 1.93. The summed E-state index contributed by atoms with van der Waals surface area (Å²) >= 11 is 0. The van der Waals surface area contributed by atoms with E-state index in [9.17, 15) is 10.0 Å². The number of nitrogens with one attached hydrogen (secondary N) is 2. The minimum Gasteiger partial charge on any atom is -0.410 e. The molecule has 23 heavy (non-hydrogen) atoms. The van der Waals surface area contributed by atoms with E-state index in [1.165, 1.54) is 0 Å². The van der Waals surface area contributed by atoms with Crippen LogP contribution in [0.1, 0.15) is 16.8 Å². The van der Waals surface area contributed by atoms with E-state index in [-0.39, 0.29) is 12.3 Å². The van der Waals surface area contributed by atoms with Gasteiger partial charge < -0.3 is 10.2 Å². The molecule has 6 nitrogen and oxygen atoms in total. The number of oxime groups is 1. The van der Waals surface area contributed by atoms with E-state index in [0.29, 0.717) is 11.4 Å². The summed E-state index contributed by atoms with van der Waals surface area (Å²) in [5.74, 6) is 4.89. The topological polar surface area (TPSA) is 104 Å². The van der Waals surface area contributed by atoms with Crippen molar-refractivity contribution < 1.29 is 10.0 Å². The van der Waals surface area contributed by atoms with Gasteiger partial charge in [0.05, 0.1) is 12.1 Å². The number of hydrazine groups is 1. The summed E-state index contributed by atoms with van der Waals surface area (Å²) < 4.78 is 0. The van der Waals surface area contributed by atoms with Crippen molar-refractivity contribution in [3.63, 3.8) is 0 Å². The van der Waals surface area contributed by atoms with E-state index in [1.54, 1.807) is 0 Å². The van der Waals surface area contributed by atoms with Gasteiger partial charge in [0.1, 0.15) is 5.71 Å². The Morgan fingerprint density at radius 2 is 1.83 bits per heavy atom. The number of para-hydroxylation sites is 1. The van der Waals surface area contributed by atoms with Crippen LogP contribution in [0, 0.1) is 0 Å². The number of rotatable bonds is 4. The van der Waals surface area contributed by atoms with E-state index >= 15 is 0 Å². The van der Waals surface area contributed by atoms with Crippen LogP contribution in [0.5, 0.6) is 0 Å². The van der Waals surface area contributed by atoms with Crippen LogP contribution in [0.15, 0.2) is 59.8 Å². The summed E-state index contributed by atoms with van der Waals surface area (Å²) in [5, 5.41) is 13.8. The lowest BCUT2D eigenvalue weighted by atomic mass is 10.0. The van der Waals surface area contributed by atoms with Crippen molar-refractivity contribution in [1.82, 2.24) is 10.4 Å². The molecule has 116 valence electrons. The largest absolute Gasteiger partial charge is 0.410 e. The van der Waals surface area contributed by atoms with Gasteiger partial charge in [-0.25, -0.2) is 5.84 Å². The zero-order valence-corrected chi connectivity index (χ0v) is 12.3. The lowest BCUT2D eigenvalue weighted by molar-refractivity contribution is -0.120. The van der Waals surface area contributed by atoms with Gasteiger partial charge >= 0.3 is 0 Å². The number of H-pyrrole nitrogens is 1. The van der Waals surface area contributed by atoms with Gasteiger partial charge in [-0.2, -0.15) is 0 Å². The minimum atomic E-state index is -0.318. The van der Waals surface area contributed by atoms with Gasteiger partial charge in [0, 0.05) is 16.5 Å². The molecule has 0 bridgehead atoms. The van der Waals surface area contributed by atoms with Crippen molar-refractivity contribution >= 4 is 22.5 Å². The Balaban J connectivity index is 2.19. The Bertz CT molecular complexity index is 869. The monoisotopic (exact) mass is 308 g/mol. The molecule has 0 spiro atoms. The maximum absolute atomic E-state index is 11.8. The zero-order valence-electron chi connectivity index (χ0n) is 12.3. The Labute approximate surface area is 132 Å². The highest BCUT2D eigenvalue weighted by Crippen LogP contribution is 2.25. The lowest BCUT2D eigenvalue weighted by Gasteiger charge is -2.07. The van der Waals surface area contributed by atoms with Gasteiger partial charge in [-0.05, 0) is 11.6 Å². The molecule has 5 N–H and O–H groups in total. The highest BCUT2D eigenvalue weighted by Gasteiger charge is 2.19. The van der Waals surface area contributed by atoms with Gasteiger partial charge in [-0.1, -0.05) is 53.7 Å². The number of fused-ring (bicyclic) bond motifs is 1. The van der Waals surface area contributed by atoms with E-state index in [0.717, 1.165) is 22.0 Å². The van der Waals surface area contributed by atoms with Crippen LogP contribution < -0.4 is 11.3 Å². The van der Waals surface area contributed by atoms with Crippen molar-refractivity contribution in [2.24, 2.45) is 11.0 Å². The number of aromatic nitrogens is 1. The fourth-order valence-corrected chi connectivity index (χ4v) is 2.65. The number of aromatic amines is 1. The fourth-order valence-electron chi connectivity index (χ4n) is 2.65. The standard InChI is InChI=1S/C17H16N4O2/c18-20-15(22)10-13-12-8-4-5-9-14(12)19-17(13)16(21-23)11-6-2-1-3-7-11/h1-9,19,23H,10,18H2,(H,20,22)/b21-16+. The van der Waals surface area contributed by atoms with Crippen LogP contribution in [0.4, 0.5) is 0 Å². The molecule has 3 rings (SSSR count). The highest BCUT2D eigenvalue weighted by atomic mass is 16.4. The molecule has 0 saturated heterocycles. The van der Waals surface area contributed by atoms with Crippen molar-refractivity contribution in [3.05, 3.63) is 71.4 Å². The molecule has 1 heterocycles. The average Bonchev–Trinajstić information content (AvgIpc) is 2.95. The smallest absolute Gasteiger partial charge is 0.238 e. The molecule has 2 aromatic carbocycles. The molecule has 0 saturated carbocycles.